The molecular weight excluding hydrogens is 164 g/mol. The highest BCUT2D eigenvalue weighted by atomic mass is 15.3. The minimum Gasteiger partial charge on any atom is -0.313 e. The number of hydrogen-bond acceptors (Lipinski definition) is 4. The van der Waals surface area contributed by atoms with E-state index in [0.717, 1.165) is 26.2 Å². The largest absolute Gasteiger partial charge is 0.313 e. The summed E-state index contributed by atoms with van der Waals surface area (Å²) in [5.74, 6) is 0. The third kappa shape index (κ3) is 3.31. The fourth-order valence-corrected chi connectivity index (χ4v) is 1.51. The second-order valence-corrected chi connectivity index (χ2v) is 4.11. The highest BCUT2D eigenvalue weighted by Gasteiger charge is 2.23. The Hall–Kier alpha value is -0.630. The molecule has 1 aliphatic rings. The van der Waals surface area contributed by atoms with E-state index in [2.05, 4.69) is 22.9 Å². The molecule has 0 amide bonds. The smallest absolute Gasteiger partial charge is 0.114 e. The first-order valence-electron chi connectivity index (χ1n) is 4.64. The number of nitrogens with two attached hydrogens (primary N) is 1. The van der Waals surface area contributed by atoms with E-state index in [1.807, 2.05) is 0 Å². The fraction of sp³-hybridized carbons (Fsp3) is 0.889. The van der Waals surface area contributed by atoms with Crippen molar-refractivity contribution >= 4 is 0 Å². The van der Waals surface area contributed by atoms with E-state index in [4.69, 9.17) is 11.0 Å². The van der Waals surface area contributed by atoms with Gasteiger partial charge >= 0.3 is 0 Å². The number of hydrogen-bond donors (Lipinski definition) is 1. The van der Waals surface area contributed by atoms with E-state index in [-0.39, 0.29) is 0 Å². The van der Waals surface area contributed by atoms with Gasteiger partial charge in [0.25, 0.3) is 0 Å². The van der Waals surface area contributed by atoms with E-state index < -0.39 is 5.54 Å². The van der Waals surface area contributed by atoms with Gasteiger partial charge in [-0.15, -0.1) is 0 Å². The summed E-state index contributed by atoms with van der Waals surface area (Å²) in [5, 5.41) is 8.76. The van der Waals surface area contributed by atoms with Gasteiger partial charge in [-0.25, -0.2) is 0 Å². The molecule has 0 aromatic carbocycles. The lowest BCUT2D eigenvalue weighted by molar-refractivity contribution is 0.140. The number of nitrogens with zero attached hydrogens (tertiary/aromatic N) is 3. The molecule has 1 aliphatic heterocycles. The molecule has 4 nitrogen and oxygen atoms in total. The Morgan fingerprint density at radius 3 is 2.38 bits per heavy atom. The van der Waals surface area contributed by atoms with Crippen molar-refractivity contribution in [2.24, 2.45) is 5.73 Å². The SMILES string of the molecule is CN1CCN(CC(C)(N)C#N)CC1. The molecule has 74 valence electrons. The lowest BCUT2D eigenvalue weighted by atomic mass is 10.1. The van der Waals surface area contributed by atoms with Crippen molar-refractivity contribution in [3.63, 3.8) is 0 Å². The normalized spacial score (nSPS) is 25.1. The van der Waals surface area contributed by atoms with Gasteiger partial charge in [0.05, 0.1) is 6.07 Å². The van der Waals surface area contributed by atoms with Gasteiger partial charge in [-0.2, -0.15) is 5.26 Å². The van der Waals surface area contributed by atoms with Gasteiger partial charge in [0.1, 0.15) is 5.54 Å². The van der Waals surface area contributed by atoms with Crippen LogP contribution in [0.5, 0.6) is 0 Å². The van der Waals surface area contributed by atoms with Gasteiger partial charge in [-0.3, -0.25) is 4.90 Å². The third-order valence-corrected chi connectivity index (χ3v) is 2.40. The monoisotopic (exact) mass is 182 g/mol. The van der Waals surface area contributed by atoms with Crippen molar-refractivity contribution in [2.75, 3.05) is 39.8 Å². The minimum atomic E-state index is -0.699. The van der Waals surface area contributed by atoms with Gasteiger partial charge in [-0.1, -0.05) is 0 Å². The van der Waals surface area contributed by atoms with E-state index in [1.54, 1.807) is 6.92 Å². The molecule has 0 bridgehead atoms. The molecular formula is C9H18N4. The van der Waals surface area contributed by atoms with Gasteiger partial charge in [-0.05, 0) is 14.0 Å². The van der Waals surface area contributed by atoms with Crippen LogP contribution in [0.15, 0.2) is 0 Å². The molecule has 1 fully saturated rings. The summed E-state index contributed by atoms with van der Waals surface area (Å²) < 4.78 is 0. The lowest BCUT2D eigenvalue weighted by Gasteiger charge is -2.35. The standard InChI is InChI=1S/C9H18N4/c1-9(11,7-10)8-13-5-3-12(2)4-6-13/h3-6,8,11H2,1-2H3. The molecule has 13 heavy (non-hydrogen) atoms. The molecule has 2 N–H and O–H groups in total. The number of nitriles is 1. The van der Waals surface area contributed by atoms with Gasteiger partial charge < -0.3 is 10.6 Å². The predicted molar refractivity (Wildman–Crippen MR) is 52.1 cm³/mol. The second kappa shape index (κ2) is 4.05. The molecule has 0 aliphatic carbocycles. The summed E-state index contributed by atoms with van der Waals surface area (Å²) in [7, 11) is 2.11. The molecule has 0 radical (unpaired) electrons. The molecule has 1 unspecified atom stereocenters. The van der Waals surface area contributed by atoms with Crippen molar-refractivity contribution in [2.45, 2.75) is 12.5 Å². The third-order valence-electron chi connectivity index (χ3n) is 2.40. The summed E-state index contributed by atoms with van der Waals surface area (Å²) in [6.07, 6.45) is 0. The summed E-state index contributed by atoms with van der Waals surface area (Å²) in [6, 6.07) is 2.12. The lowest BCUT2D eigenvalue weighted by Crippen LogP contribution is -2.52. The van der Waals surface area contributed by atoms with Crippen LogP contribution < -0.4 is 5.73 Å². The Morgan fingerprint density at radius 2 is 1.92 bits per heavy atom. The van der Waals surface area contributed by atoms with Crippen LogP contribution in [-0.2, 0) is 0 Å². The summed E-state index contributed by atoms with van der Waals surface area (Å²) in [4.78, 5) is 4.54. The van der Waals surface area contributed by atoms with Crippen LogP contribution in [0.4, 0.5) is 0 Å². The van der Waals surface area contributed by atoms with Gasteiger partial charge in [0.2, 0.25) is 0 Å². The first kappa shape index (κ1) is 10.5. The predicted octanol–water partition coefficient (Wildman–Crippen LogP) is -0.525. The molecule has 1 rings (SSSR count). The summed E-state index contributed by atoms with van der Waals surface area (Å²) in [5.41, 5.74) is 5.07. The average molecular weight is 182 g/mol. The van der Waals surface area contributed by atoms with E-state index in [0.29, 0.717) is 6.54 Å². The van der Waals surface area contributed by atoms with Crippen molar-refractivity contribution in [1.29, 1.82) is 5.26 Å². The Morgan fingerprint density at radius 1 is 1.38 bits per heavy atom. The zero-order chi connectivity index (χ0) is 9.90. The quantitative estimate of drug-likeness (QED) is 0.624. The zero-order valence-corrected chi connectivity index (χ0v) is 8.45. The molecule has 0 spiro atoms. The Bertz CT molecular complexity index is 198. The summed E-state index contributed by atoms with van der Waals surface area (Å²) in [6.45, 7) is 6.64. The minimum absolute atomic E-state index is 0.678. The Labute approximate surface area is 79.9 Å². The highest BCUT2D eigenvalue weighted by Crippen LogP contribution is 2.05. The zero-order valence-electron chi connectivity index (χ0n) is 8.45. The molecule has 1 saturated heterocycles. The van der Waals surface area contributed by atoms with Gasteiger partial charge in [0, 0.05) is 32.7 Å². The van der Waals surface area contributed by atoms with Crippen molar-refractivity contribution in [1.82, 2.24) is 9.80 Å². The van der Waals surface area contributed by atoms with Crippen molar-refractivity contribution < 1.29 is 0 Å². The van der Waals surface area contributed by atoms with Crippen LogP contribution in [0.1, 0.15) is 6.92 Å². The van der Waals surface area contributed by atoms with Crippen LogP contribution >= 0.6 is 0 Å². The van der Waals surface area contributed by atoms with Crippen molar-refractivity contribution in [3.8, 4) is 6.07 Å². The maximum Gasteiger partial charge on any atom is 0.114 e. The first-order valence-corrected chi connectivity index (χ1v) is 4.64. The average Bonchev–Trinajstić information content (AvgIpc) is 2.09. The van der Waals surface area contributed by atoms with Crippen LogP contribution in [0, 0.1) is 11.3 Å². The Balaban J connectivity index is 2.35. The maximum atomic E-state index is 8.76. The number of likely N-dealkylation sites (N-methyl/N-ethyl adjacent to an activating group) is 1. The highest BCUT2D eigenvalue weighted by molar-refractivity contribution is 5.03. The van der Waals surface area contributed by atoms with E-state index in [9.17, 15) is 0 Å². The van der Waals surface area contributed by atoms with Crippen LogP contribution in [0.3, 0.4) is 0 Å². The van der Waals surface area contributed by atoms with E-state index in [1.165, 1.54) is 0 Å². The maximum absolute atomic E-state index is 8.76. The first-order chi connectivity index (χ1) is 6.03. The number of piperazine rings is 1. The van der Waals surface area contributed by atoms with Crippen LogP contribution in [0.25, 0.3) is 0 Å². The molecule has 0 aromatic heterocycles. The molecule has 1 atom stereocenters. The fourth-order valence-electron chi connectivity index (χ4n) is 1.51. The van der Waals surface area contributed by atoms with Crippen molar-refractivity contribution in [3.05, 3.63) is 0 Å². The number of rotatable bonds is 2. The molecule has 0 aromatic rings. The molecule has 0 saturated carbocycles. The molecule has 1 heterocycles. The summed E-state index contributed by atoms with van der Waals surface area (Å²) >= 11 is 0. The van der Waals surface area contributed by atoms with E-state index >= 15 is 0 Å². The van der Waals surface area contributed by atoms with Crippen LogP contribution in [-0.4, -0.2) is 55.1 Å². The molecule has 4 heteroatoms. The topological polar surface area (TPSA) is 56.3 Å². The van der Waals surface area contributed by atoms with Crippen LogP contribution in [0.2, 0.25) is 0 Å². The Kier molecular flexibility index (Phi) is 3.26. The van der Waals surface area contributed by atoms with Gasteiger partial charge in [0.15, 0.2) is 0 Å². The second-order valence-electron chi connectivity index (χ2n) is 4.11.